The van der Waals surface area contributed by atoms with Crippen LogP contribution in [0.2, 0.25) is 0 Å². The van der Waals surface area contributed by atoms with E-state index in [9.17, 15) is 0 Å². The summed E-state index contributed by atoms with van der Waals surface area (Å²) in [5.74, 6) is 1.97. The van der Waals surface area contributed by atoms with Gasteiger partial charge >= 0.3 is 0 Å². The molecule has 22 heavy (non-hydrogen) atoms. The van der Waals surface area contributed by atoms with Gasteiger partial charge in [-0.2, -0.15) is 0 Å². The van der Waals surface area contributed by atoms with Crippen LogP contribution in [-0.4, -0.2) is 50.1 Å². The van der Waals surface area contributed by atoms with E-state index in [1.54, 1.807) is 0 Å². The van der Waals surface area contributed by atoms with Crippen molar-refractivity contribution in [2.24, 2.45) is 4.99 Å². The molecule has 0 aliphatic heterocycles. The van der Waals surface area contributed by atoms with Gasteiger partial charge in [-0.15, -0.1) is 0 Å². The average molecular weight is 303 g/mol. The Hall–Kier alpha value is -1.71. The topological polar surface area (TPSA) is 28.1 Å². The summed E-state index contributed by atoms with van der Waals surface area (Å²) in [7, 11) is 8.07. The molecule has 0 aromatic heterocycles. The van der Waals surface area contributed by atoms with Gasteiger partial charge in [0.25, 0.3) is 0 Å². The molecule has 122 valence electrons. The van der Waals surface area contributed by atoms with Gasteiger partial charge in [0.15, 0.2) is 5.96 Å². The Bertz CT molecular complexity index is 507. The highest BCUT2D eigenvalue weighted by Crippen LogP contribution is 2.28. The lowest BCUT2D eigenvalue weighted by Crippen LogP contribution is -2.35. The van der Waals surface area contributed by atoms with Gasteiger partial charge in [0.1, 0.15) is 5.75 Å². The summed E-state index contributed by atoms with van der Waals surface area (Å²) in [6, 6.07) is 6.43. The van der Waals surface area contributed by atoms with Crippen molar-refractivity contribution in [3.8, 4) is 5.75 Å². The summed E-state index contributed by atoms with van der Waals surface area (Å²) in [4.78, 5) is 8.81. The van der Waals surface area contributed by atoms with Gasteiger partial charge in [-0.1, -0.05) is 12.1 Å². The molecular weight excluding hydrogens is 274 g/mol. The smallest absolute Gasteiger partial charge is 0.195 e. The summed E-state index contributed by atoms with van der Waals surface area (Å²) in [6.45, 7) is 2.76. The SMILES string of the molecule is Cc1ccc(CN=C(N(C)C)N(C)C)c(OC2CCCC2)c1. The highest BCUT2D eigenvalue weighted by Gasteiger charge is 2.18. The molecule has 0 spiro atoms. The fraction of sp³-hybridized carbons (Fsp3) is 0.611. The number of rotatable bonds is 4. The molecule has 1 aliphatic carbocycles. The van der Waals surface area contributed by atoms with Crippen LogP contribution in [0.15, 0.2) is 23.2 Å². The van der Waals surface area contributed by atoms with E-state index in [0.717, 1.165) is 11.7 Å². The third-order valence-corrected chi connectivity index (χ3v) is 4.01. The second-order valence-electron chi connectivity index (χ2n) is 6.54. The first-order chi connectivity index (χ1) is 10.5. The Morgan fingerprint density at radius 3 is 2.36 bits per heavy atom. The van der Waals surface area contributed by atoms with Crippen molar-refractivity contribution in [2.75, 3.05) is 28.2 Å². The predicted molar refractivity (Wildman–Crippen MR) is 92.6 cm³/mol. The zero-order valence-electron chi connectivity index (χ0n) is 14.6. The second kappa shape index (κ2) is 7.52. The van der Waals surface area contributed by atoms with Crippen molar-refractivity contribution in [3.63, 3.8) is 0 Å². The number of hydrogen-bond donors (Lipinski definition) is 0. The van der Waals surface area contributed by atoms with E-state index in [4.69, 9.17) is 9.73 Å². The van der Waals surface area contributed by atoms with E-state index in [1.165, 1.54) is 36.8 Å². The van der Waals surface area contributed by atoms with Gasteiger partial charge < -0.3 is 14.5 Å². The van der Waals surface area contributed by atoms with Crippen LogP contribution in [0, 0.1) is 6.92 Å². The molecule has 1 aromatic carbocycles. The van der Waals surface area contributed by atoms with E-state index in [1.807, 2.05) is 38.0 Å². The van der Waals surface area contributed by atoms with Crippen molar-refractivity contribution < 1.29 is 4.74 Å². The van der Waals surface area contributed by atoms with Gasteiger partial charge in [-0.25, -0.2) is 4.99 Å². The summed E-state index contributed by atoms with van der Waals surface area (Å²) in [6.07, 6.45) is 5.31. The molecule has 2 rings (SSSR count). The molecule has 0 atom stereocenters. The van der Waals surface area contributed by atoms with Crippen LogP contribution in [-0.2, 0) is 6.54 Å². The minimum absolute atomic E-state index is 0.381. The highest BCUT2D eigenvalue weighted by molar-refractivity contribution is 5.79. The monoisotopic (exact) mass is 303 g/mol. The zero-order valence-corrected chi connectivity index (χ0v) is 14.6. The van der Waals surface area contributed by atoms with Crippen molar-refractivity contribution >= 4 is 5.96 Å². The van der Waals surface area contributed by atoms with E-state index in [-0.39, 0.29) is 0 Å². The molecule has 0 N–H and O–H groups in total. The maximum absolute atomic E-state index is 6.24. The van der Waals surface area contributed by atoms with Gasteiger partial charge in [0, 0.05) is 33.8 Å². The third-order valence-electron chi connectivity index (χ3n) is 4.01. The lowest BCUT2D eigenvalue weighted by atomic mass is 10.1. The van der Waals surface area contributed by atoms with E-state index in [0.29, 0.717) is 12.6 Å². The Morgan fingerprint density at radius 2 is 1.77 bits per heavy atom. The highest BCUT2D eigenvalue weighted by atomic mass is 16.5. The molecular formula is C18H29N3O. The minimum atomic E-state index is 0.381. The molecule has 0 radical (unpaired) electrons. The summed E-state index contributed by atoms with van der Waals surface area (Å²) in [5, 5.41) is 0. The summed E-state index contributed by atoms with van der Waals surface area (Å²) < 4.78 is 6.24. The molecule has 1 aliphatic rings. The standard InChI is InChI=1S/C18H29N3O/c1-14-10-11-15(13-19-18(20(2)3)21(4)5)17(12-14)22-16-8-6-7-9-16/h10-12,16H,6-9,13H2,1-5H3. The van der Waals surface area contributed by atoms with Crippen LogP contribution in [0.5, 0.6) is 5.75 Å². The van der Waals surface area contributed by atoms with Crippen LogP contribution < -0.4 is 4.74 Å². The van der Waals surface area contributed by atoms with Crippen molar-refractivity contribution in [3.05, 3.63) is 29.3 Å². The molecule has 1 fully saturated rings. The summed E-state index contributed by atoms with van der Waals surface area (Å²) in [5.41, 5.74) is 2.40. The number of aryl methyl sites for hydroxylation is 1. The molecule has 4 nitrogen and oxygen atoms in total. The Kier molecular flexibility index (Phi) is 5.69. The summed E-state index contributed by atoms with van der Waals surface area (Å²) >= 11 is 0. The van der Waals surface area contributed by atoms with Gasteiger partial charge in [-0.3, -0.25) is 0 Å². The third kappa shape index (κ3) is 4.39. The zero-order chi connectivity index (χ0) is 16.1. The quantitative estimate of drug-likeness (QED) is 0.631. The fourth-order valence-electron chi connectivity index (χ4n) is 2.93. The van der Waals surface area contributed by atoms with Gasteiger partial charge in [0.05, 0.1) is 12.6 Å². The van der Waals surface area contributed by atoms with Crippen LogP contribution >= 0.6 is 0 Å². The minimum Gasteiger partial charge on any atom is -0.490 e. The molecule has 0 heterocycles. The molecule has 0 saturated heterocycles. The van der Waals surface area contributed by atoms with Crippen LogP contribution in [0.25, 0.3) is 0 Å². The first kappa shape index (κ1) is 16.7. The fourth-order valence-corrected chi connectivity index (χ4v) is 2.93. The van der Waals surface area contributed by atoms with E-state index >= 15 is 0 Å². The lowest BCUT2D eigenvalue weighted by molar-refractivity contribution is 0.208. The van der Waals surface area contributed by atoms with Crippen LogP contribution in [0.3, 0.4) is 0 Å². The Labute approximate surface area is 134 Å². The largest absolute Gasteiger partial charge is 0.490 e. The van der Waals surface area contributed by atoms with Crippen LogP contribution in [0.4, 0.5) is 0 Å². The first-order valence-electron chi connectivity index (χ1n) is 8.12. The average Bonchev–Trinajstić information content (AvgIpc) is 2.93. The maximum Gasteiger partial charge on any atom is 0.195 e. The first-order valence-corrected chi connectivity index (χ1v) is 8.12. The number of nitrogens with zero attached hydrogens (tertiary/aromatic N) is 3. The van der Waals surface area contributed by atoms with Crippen LogP contribution in [0.1, 0.15) is 36.8 Å². The number of benzene rings is 1. The molecule has 0 unspecified atom stereocenters. The molecule has 1 saturated carbocycles. The van der Waals surface area contributed by atoms with Crippen molar-refractivity contribution in [1.29, 1.82) is 0 Å². The second-order valence-corrected chi connectivity index (χ2v) is 6.54. The number of aliphatic imine (C=N–C) groups is 1. The molecule has 0 amide bonds. The molecule has 0 bridgehead atoms. The van der Waals surface area contributed by atoms with Gasteiger partial charge in [-0.05, 0) is 44.2 Å². The number of hydrogen-bond acceptors (Lipinski definition) is 2. The molecule has 4 heteroatoms. The number of guanidine groups is 1. The van der Waals surface area contributed by atoms with Crippen molar-refractivity contribution in [2.45, 2.75) is 45.3 Å². The lowest BCUT2D eigenvalue weighted by Gasteiger charge is -2.23. The Balaban J connectivity index is 2.17. The Morgan fingerprint density at radius 1 is 1.14 bits per heavy atom. The normalized spacial score (nSPS) is 14.8. The maximum atomic E-state index is 6.24. The number of ether oxygens (including phenoxy) is 1. The van der Waals surface area contributed by atoms with Gasteiger partial charge in [0.2, 0.25) is 0 Å². The van der Waals surface area contributed by atoms with Crippen molar-refractivity contribution in [1.82, 2.24) is 9.80 Å². The predicted octanol–water partition coefficient (Wildman–Crippen LogP) is 3.30. The van der Waals surface area contributed by atoms with E-state index < -0.39 is 0 Å². The molecule has 1 aromatic rings. The van der Waals surface area contributed by atoms with E-state index in [2.05, 4.69) is 25.1 Å².